The van der Waals surface area contributed by atoms with Crippen LogP contribution in [0.3, 0.4) is 0 Å². The molecule has 34 heavy (non-hydrogen) atoms. The van der Waals surface area contributed by atoms with Crippen LogP contribution in [0.2, 0.25) is 0 Å². The summed E-state index contributed by atoms with van der Waals surface area (Å²) in [7, 11) is -1.92. The lowest BCUT2D eigenvalue weighted by Gasteiger charge is -2.36. The van der Waals surface area contributed by atoms with Crippen molar-refractivity contribution in [3.63, 3.8) is 0 Å². The molecule has 7 heteroatoms. The molecule has 1 saturated heterocycles. The Hall–Kier alpha value is -3.32. The molecule has 0 radical (unpaired) electrons. The van der Waals surface area contributed by atoms with Crippen LogP contribution in [-0.2, 0) is 15.6 Å². The van der Waals surface area contributed by atoms with Gasteiger partial charge in [-0.2, -0.15) is 0 Å². The topological polar surface area (TPSA) is 66.9 Å². The highest BCUT2D eigenvalue weighted by molar-refractivity contribution is 7.90. The highest BCUT2D eigenvalue weighted by Crippen LogP contribution is 2.29. The average Bonchev–Trinajstić information content (AvgIpc) is 2.85. The van der Waals surface area contributed by atoms with Crippen molar-refractivity contribution in [1.29, 1.82) is 0 Å². The maximum absolute atomic E-state index is 13.3. The Morgan fingerprint density at radius 3 is 2.26 bits per heavy atom. The standard InChI is InChI=1S/C27H30N2O4S/c1-20-8-11-22(12-9-20)19-34(31,32)23-13-10-21(2)24(18-23)27(30)29-16-14-28(15-17-29)25-6-4-5-7-26(25)33-3/h4-13,18H,14-17,19H2,1-3H3. The van der Waals surface area contributed by atoms with Gasteiger partial charge in [0.2, 0.25) is 0 Å². The number of hydrogen-bond acceptors (Lipinski definition) is 5. The van der Waals surface area contributed by atoms with E-state index in [0.717, 1.165) is 28.1 Å². The summed E-state index contributed by atoms with van der Waals surface area (Å²) in [4.78, 5) is 17.5. The predicted molar refractivity (Wildman–Crippen MR) is 134 cm³/mol. The molecule has 1 aliphatic rings. The van der Waals surface area contributed by atoms with Crippen molar-refractivity contribution in [2.75, 3.05) is 38.2 Å². The number of para-hydroxylation sites is 2. The molecule has 1 fully saturated rings. The van der Waals surface area contributed by atoms with E-state index in [1.165, 1.54) is 6.07 Å². The van der Waals surface area contributed by atoms with E-state index < -0.39 is 9.84 Å². The van der Waals surface area contributed by atoms with Gasteiger partial charge in [0.05, 0.1) is 23.4 Å². The van der Waals surface area contributed by atoms with Gasteiger partial charge in [-0.25, -0.2) is 8.42 Å². The van der Waals surface area contributed by atoms with Crippen LogP contribution in [0.1, 0.15) is 27.0 Å². The fourth-order valence-corrected chi connectivity index (χ4v) is 5.59. The molecule has 3 aromatic carbocycles. The second-order valence-corrected chi connectivity index (χ2v) is 10.7. The van der Waals surface area contributed by atoms with Crippen molar-refractivity contribution in [1.82, 2.24) is 4.90 Å². The minimum absolute atomic E-state index is 0.0957. The molecule has 1 heterocycles. The van der Waals surface area contributed by atoms with Crippen molar-refractivity contribution < 1.29 is 17.9 Å². The van der Waals surface area contributed by atoms with Gasteiger partial charge in [0, 0.05) is 31.7 Å². The molecule has 0 N–H and O–H groups in total. The number of benzene rings is 3. The molecule has 1 amide bonds. The van der Waals surface area contributed by atoms with Gasteiger partial charge in [-0.05, 0) is 49.2 Å². The normalized spacial score (nSPS) is 14.2. The molecule has 6 nitrogen and oxygen atoms in total. The lowest BCUT2D eigenvalue weighted by Crippen LogP contribution is -2.49. The van der Waals surface area contributed by atoms with E-state index in [2.05, 4.69) is 4.90 Å². The Kier molecular flexibility index (Phi) is 6.93. The number of rotatable bonds is 6. The first-order valence-electron chi connectivity index (χ1n) is 11.3. The molecular weight excluding hydrogens is 448 g/mol. The molecule has 0 aromatic heterocycles. The van der Waals surface area contributed by atoms with E-state index >= 15 is 0 Å². The Labute approximate surface area is 201 Å². The minimum atomic E-state index is -3.58. The first-order valence-corrected chi connectivity index (χ1v) is 13.0. The van der Waals surface area contributed by atoms with Crippen LogP contribution >= 0.6 is 0 Å². The Morgan fingerprint density at radius 2 is 1.59 bits per heavy atom. The van der Waals surface area contributed by atoms with Gasteiger partial charge in [0.25, 0.3) is 5.91 Å². The van der Waals surface area contributed by atoms with Crippen molar-refractivity contribution >= 4 is 21.4 Å². The van der Waals surface area contributed by atoms with Crippen LogP contribution in [-0.4, -0.2) is 52.5 Å². The molecule has 0 bridgehead atoms. The lowest BCUT2D eigenvalue weighted by molar-refractivity contribution is 0.0745. The molecule has 0 aliphatic carbocycles. The predicted octanol–water partition coefficient (Wildman–Crippen LogP) is 4.25. The van der Waals surface area contributed by atoms with Gasteiger partial charge < -0.3 is 14.5 Å². The summed E-state index contributed by atoms with van der Waals surface area (Å²) in [6.45, 7) is 6.27. The first kappa shape index (κ1) is 23.8. The highest BCUT2D eigenvalue weighted by Gasteiger charge is 2.26. The summed E-state index contributed by atoms with van der Waals surface area (Å²) in [6.07, 6.45) is 0. The molecular formula is C27H30N2O4S. The number of sulfone groups is 1. The van der Waals surface area contributed by atoms with Gasteiger partial charge in [0.15, 0.2) is 9.84 Å². The van der Waals surface area contributed by atoms with Crippen LogP contribution in [0.15, 0.2) is 71.6 Å². The Bertz CT molecular complexity index is 1280. The minimum Gasteiger partial charge on any atom is -0.495 e. The maximum atomic E-state index is 13.3. The first-order chi connectivity index (χ1) is 16.3. The SMILES string of the molecule is COc1ccccc1N1CCN(C(=O)c2cc(S(=O)(=O)Cc3ccc(C)cc3)ccc2C)CC1. The van der Waals surface area contributed by atoms with Crippen molar-refractivity contribution in [3.05, 3.63) is 89.0 Å². The summed E-state index contributed by atoms with van der Waals surface area (Å²) < 4.78 is 31.6. The molecule has 3 aromatic rings. The number of amides is 1. The number of anilines is 1. The van der Waals surface area contributed by atoms with E-state index in [-0.39, 0.29) is 16.6 Å². The van der Waals surface area contributed by atoms with E-state index in [0.29, 0.717) is 31.7 Å². The molecule has 0 atom stereocenters. The van der Waals surface area contributed by atoms with E-state index in [9.17, 15) is 13.2 Å². The average molecular weight is 479 g/mol. The highest BCUT2D eigenvalue weighted by atomic mass is 32.2. The van der Waals surface area contributed by atoms with Crippen LogP contribution in [0, 0.1) is 13.8 Å². The number of carbonyl (C=O) groups excluding carboxylic acids is 1. The zero-order valence-electron chi connectivity index (χ0n) is 19.8. The molecule has 0 spiro atoms. The zero-order valence-corrected chi connectivity index (χ0v) is 20.6. The quantitative estimate of drug-likeness (QED) is 0.530. The Morgan fingerprint density at radius 1 is 0.912 bits per heavy atom. The van der Waals surface area contributed by atoms with Crippen LogP contribution in [0.25, 0.3) is 0 Å². The fourth-order valence-electron chi connectivity index (χ4n) is 4.22. The number of methoxy groups -OCH3 is 1. The summed E-state index contributed by atoms with van der Waals surface area (Å²) in [5.74, 6) is 0.579. The summed E-state index contributed by atoms with van der Waals surface area (Å²) in [5.41, 5.74) is 4.03. The number of hydrogen-bond donors (Lipinski definition) is 0. The second kappa shape index (κ2) is 9.89. The molecule has 0 saturated carbocycles. The van der Waals surface area contributed by atoms with Gasteiger partial charge in [-0.1, -0.05) is 48.0 Å². The van der Waals surface area contributed by atoms with Crippen LogP contribution < -0.4 is 9.64 Å². The largest absolute Gasteiger partial charge is 0.495 e. The molecule has 4 rings (SSSR count). The van der Waals surface area contributed by atoms with Gasteiger partial charge in [-0.15, -0.1) is 0 Å². The van der Waals surface area contributed by atoms with Gasteiger partial charge in [0.1, 0.15) is 5.75 Å². The third kappa shape index (κ3) is 5.09. The van der Waals surface area contributed by atoms with Crippen molar-refractivity contribution in [3.8, 4) is 5.75 Å². The second-order valence-electron chi connectivity index (χ2n) is 8.67. The summed E-state index contributed by atoms with van der Waals surface area (Å²) in [5, 5.41) is 0. The van der Waals surface area contributed by atoms with Crippen LogP contribution in [0.4, 0.5) is 5.69 Å². The summed E-state index contributed by atoms with van der Waals surface area (Å²) in [6, 6.07) is 20.2. The third-order valence-electron chi connectivity index (χ3n) is 6.27. The maximum Gasteiger partial charge on any atom is 0.254 e. The van der Waals surface area contributed by atoms with Gasteiger partial charge >= 0.3 is 0 Å². The Balaban J connectivity index is 1.49. The summed E-state index contributed by atoms with van der Waals surface area (Å²) >= 11 is 0. The number of carbonyl (C=O) groups is 1. The zero-order chi connectivity index (χ0) is 24.3. The molecule has 1 aliphatic heterocycles. The number of aryl methyl sites for hydroxylation is 2. The third-order valence-corrected chi connectivity index (χ3v) is 7.95. The lowest BCUT2D eigenvalue weighted by atomic mass is 10.1. The van der Waals surface area contributed by atoms with E-state index in [1.807, 2.05) is 62.4 Å². The monoisotopic (exact) mass is 478 g/mol. The smallest absolute Gasteiger partial charge is 0.254 e. The number of ether oxygens (including phenoxy) is 1. The van der Waals surface area contributed by atoms with Crippen molar-refractivity contribution in [2.45, 2.75) is 24.5 Å². The molecule has 0 unspecified atom stereocenters. The van der Waals surface area contributed by atoms with Crippen LogP contribution in [0.5, 0.6) is 5.75 Å². The number of nitrogens with zero attached hydrogens (tertiary/aromatic N) is 2. The fraction of sp³-hybridized carbons (Fsp3) is 0.296. The molecule has 178 valence electrons. The number of piperazine rings is 1. The van der Waals surface area contributed by atoms with Crippen molar-refractivity contribution in [2.24, 2.45) is 0 Å². The van der Waals surface area contributed by atoms with E-state index in [1.54, 1.807) is 24.1 Å². The van der Waals surface area contributed by atoms with E-state index in [4.69, 9.17) is 4.74 Å². The van der Waals surface area contributed by atoms with Gasteiger partial charge in [-0.3, -0.25) is 4.79 Å².